The summed E-state index contributed by atoms with van der Waals surface area (Å²) in [6.07, 6.45) is 8.77. The molecule has 0 aliphatic heterocycles. The Morgan fingerprint density at radius 3 is 2.83 bits per heavy atom. The van der Waals surface area contributed by atoms with Gasteiger partial charge in [-0.15, -0.1) is 0 Å². The quantitative estimate of drug-likeness (QED) is 0.748. The Balaban J connectivity index is 2.07. The topological polar surface area (TPSA) is 69.1 Å². The van der Waals surface area contributed by atoms with Gasteiger partial charge in [-0.3, -0.25) is 4.40 Å². The molecule has 1 atom stereocenters. The number of nitrogens with two attached hydrogens (primary N) is 1. The zero-order chi connectivity index (χ0) is 16.9. The minimum Gasteiger partial charge on any atom is -0.382 e. The maximum absolute atomic E-state index is 6.08. The van der Waals surface area contributed by atoms with Crippen LogP contribution in [-0.4, -0.2) is 19.4 Å². The first-order chi connectivity index (χ1) is 11.7. The number of anilines is 1. The molecule has 0 saturated heterocycles. The molecule has 0 fully saturated rings. The van der Waals surface area contributed by atoms with E-state index in [0.29, 0.717) is 23.1 Å². The standard InChI is InChI=1S/C19H21N5/c1-3-4-7-14(2)19-23-16(10-9-15-8-5-6-11-21-15)17-18(20)22-12-13-24(17)19/h5-6,8,11-14H,3-4,7H2,1-2H3,(H2,20,22). The highest BCUT2D eigenvalue weighted by Gasteiger charge is 2.17. The summed E-state index contributed by atoms with van der Waals surface area (Å²) in [6.45, 7) is 4.39. The molecule has 3 rings (SSSR count). The third kappa shape index (κ3) is 3.23. The van der Waals surface area contributed by atoms with Crippen LogP contribution in [0, 0.1) is 11.8 Å². The number of hydrogen-bond acceptors (Lipinski definition) is 4. The van der Waals surface area contributed by atoms with Crippen molar-refractivity contribution < 1.29 is 0 Å². The first kappa shape index (κ1) is 16.0. The molecule has 0 aliphatic carbocycles. The molecule has 0 aliphatic rings. The Morgan fingerprint density at radius 2 is 2.08 bits per heavy atom. The van der Waals surface area contributed by atoms with Crippen molar-refractivity contribution in [2.45, 2.75) is 39.0 Å². The van der Waals surface area contributed by atoms with Crippen molar-refractivity contribution in [1.29, 1.82) is 0 Å². The highest BCUT2D eigenvalue weighted by atomic mass is 15.1. The molecule has 3 aromatic rings. The van der Waals surface area contributed by atoms with Gasteiger partial charge in [-0.2, -0.15) is 0 Å². The van der Waals surface area contributed by atoms with Gasteiger partial charge in [0.2, 0.25) is 0 Å². The lowest BCUT2D eigenvalue weighted by molar-refractivity contribution is 0.593. The highest BCUT2D eigenvalue weighted by Crippen LogP contribution is 2.25. The molecule has 0 saturated carbocycles. The van der Waals surface area contributed by atoms with Gasteiger partial charge in [-0.25, -0.2) is 15.0 Å². The lowest BCUT2D eigenvalue weighted by atomic mass is 10.0. The van der Waals surface area contributed by atoms with E-state index in [9.17, 15) is 0 Å². The summed E-state index contributed by atoms with van der Waals surface area (Å²) in [5.41, 5.74) is 8.23. The van der Waals surface area contributed by atoms with Crippen molar-refractivity contribution in [3.05, 3.63) is 54.0 Å². The summed E-state index contributed by atoms with van der Waals surface area (Å²) < 4.78 is 2.02. The van der Waals surface area contributed by atoms with E-state index in [1.807, 2.05) is 28.8 Å². The predicted molar refractivity (Wildman–Crippen MR) is 95.6 cm³/mol. The zero-order valence-electron chi connectivity index (χ0n) is 14.0. The molecule has 3 aromatic heterocycles. The van der Waals surface area contributed by atoms with Gasteiger partial charge < -0.3 is 5.73 Å². The summed E-state index contributed by atoms with van der Waals surface area (Å²) in [4.78, 5) is 13.2. The molecule has 5 heteroatoms. The number of pyridine rings is 1. The molecule has 24 heavy (non-hydrogen) atoms. The number of rotatable bonds is 4. The fourth-order valence-electron chi connectivity index (χ4n) is 2.72. The normalized spacial score (nSPS) is 11.9. The first-order valence-corrected chi connectivity index (χ1v) is 8.26. The minimum absolute atomic E-state index is 0.338. The lowest BCUT2D eigenvalue weighted by Crippen LogP contribution is -2.02. The van der Waals surface area contributed by atoms with E-state index in [0.717, 1.165) is 17.8 Å². The number of imidazole rings is 1. The van der Waals surface area contributed by atoms with Crippen LogP contribution in [0.2, 0.25) is 0 Å². The van der Waals surface area contributed by atoms with Crippen LogP contribution in [0.3, 0.4) is 0 Å². The number of hydrogen-bond donors (Lipinski definition) is 1. The summed E-state index contributed by atoms with van der Waals surface area (Å²) in [7, 11) is 0. The van der Waals surface area contributed by atoms with Crippen molar-refractivity contribution in [2.24, 2.45) is 0 Å². The smallest absolute Gasteiger partial charge is 0.150 e. The van der Waals surface area contributed by atoms with E-state index in [1.165, 1.54) is 12.8 Å². The van der Waals surface area contributed by atoms with Gasteiger partial charge in [0.15, 0.2) is 5.82 Å². The van der Waals surface area contributed by atoms with Crippen molar-refractivity contribution in [1.82, 2.24) is 19.4 Å². The Bertz CT molecular complexity index is 887. The molecule has 0 amide bonds. The maximum Gasteiger partial charge on any atom is 0.150 e. The van der Waals surface area contributed by atoms with Crippen LogP contribution in [0.4, 0.5) is 5.82 Å². The third-order valence-electron chi connectivity index (χ3n) is 4.02. The summed E-state index contributed by atoms with van der Waals surface area (Å²) in [5.74, 6) is 7.94. The number of aromatic nitrogens is 4. The van der Waals surface area contributed by atoms with Crippen LogP contribution in [0.15, 0.2) is 36.8 Å². The Hall–Kier alpha value is -2.87. The van der Waals surface area contributed by atoms with Gasteiger partial charge in [0, 0.05) is 24.5 Å². The summed E-state index contributed by atoms with van der Waals surface area (Å²) in [6, 6.07) is 5.65. The third-order valence-corrected chi connectivity index (χ3v) is 4.02. The van der Waals surface area contributed by atoms with Gasteiger partial charge in [-0.05, 0) is 30.4 Å². The maximum atomic E-state index is 6.08. The van der Waals surface area contributed by atoms with Crippen LogP contribution < -0.4 is 5.73 Å². The fraction of sp³-hybridized carbons (Fsp3) is 0.316. The van der Waals surface area contributed by atoms with Crippen LogP contribution in [0.5, 0.6) is 0 Å². The molecular weight excluding hydrogens is 298 g/mol. The molecule has 0 radical (unpaired) electrons. The van der Waals surface area contributed by atoms with Gasteiger partial charge >= 0.3 is 0 Å². The van der Waals surface area contributed by atoms with Crippen LogP contribution in [0.1, 0.15) is 56.2 Å². The number of nitrogens with zero attached hydrogens (tertiary/aromatic N) is 4. The molecule has 0 bridgehead atoms. The van der Waals surface area contributed by atoms with E-state index < -0.39 is 0 Å². The van der Waals surface area contributed by atoms with E-state index in [4.69, 9.17) is 10.7 Å². The van der Waals surface area contributed by atoms with Crippen LogP contribution in [0.25, 0.3) is 5.52 Å². The molecule has 0 aromatic carbocycles. The number of fused-ring (bicyclic) bond motifs is 1. The van der Waals surface area contributed by atoms with Gasteiger partial charge in [0.25, 0.3) is 0 Å². The lowest BCUT2D eigenvalue weighted by Gasteiger charge is -2.09. The van der Waals surface area contributed by atoms with Crippen LogP contribution in [-0.2, 0) is 0 Å². The SMILES string of the molecule is CCCCC(C)c1nc(C#Cc2ccccn2)c2c(N)nccn12. The van der Waals surface area contributed by atoms with Gasteiger partial charge in [0.05, 0.1) is 0 Å². The fourth-order valence-corrected chi connectivity index (χ4v) is 2.72. The molecule has 0 spiro atoms. The monoisotopic (exact) mass is 319 g/mol. The van der Waals surface area contributed by atoms with Crippen LogP contribution >= 0.6 is 0 Å². The molecular formula is C19H21N5. The average molecular weight is 319 g/mol. The second-order valence-electron chi connectivity index (χ2n) is 5.86. The largest absolute Gasteiger partial charge is 0.382 e. The second kappa shape index (κ2) is 7.14. The first-order valence-electron chi connectivity index (χ1n) is 8.26. The van der Waals surface area contributed by atoms with Gasteiger partial charge in [0.1, 0.15) is 22.7 Å². The van der Waals surface area contributed by atoms with Crippen molar-refractivity contribution in [3.63, 3.8) is 0 Å². The number of nitrogen functional groups attached to an aromatic ring is 1. The minimum atomic E-state index is 0.338. The van der Waals surface area contributed by atoms with Gasteiger partial charge in [-0.1, -0.05) is 32.8 Å². The Morgan fingerprint density at radius 1 is 1.21 bits per heavy atom. The van der Waals surface area contributed by atoms with Crippen molar-refractivity contribution in [3.8, 4) is 11.8 Å². The average Bonchev–Trinajstić information content (AvgIpc) is 2.99. The molecule has 122 valence electrons. The summed E-state index contributed by atoms with van der Waals surface area (Å²) in [5, 5.41) is 0. The van der Waals surface area contributed by atoms with Crippen molar-refractivity contribution in [2.75, 3.05) is 5.73 Å². The molecule has 3 heterocycles. The Labute approximate surface area is 142 Å². The molecule has 5 nitrogen and oxygen atoms in total. The van der Waals surface area contributed by atoms with E-state index in [2.05, 4.69) is 35.7 Å². The van der Waals surface area contributed by atoms with E-state index in [1.54, 1.807) is 12.4 Å². The Kier molecular flexibility index (Phi) is 4.76. The molecule has 2 N–H and O–H groups in total. The zero-order valence-corrected chi connectivity index (χ0v) is 14.0. The van der Waals surface area contributed by atoms with Crippen molar-refractivity contribution >= 4 is 11.3 Å². The molecule has 1 unspecified atom stereocenters. The summed E-state index contributed by atoms with van der Waals surface area (Å²) >= 11 is 0. The predicted octanol–water partition coefficient (Wildman–Crippen LogP) is 3.40. The second-order valence-corrected chi connectivity index (χ2v) is 5.86. The number of unbranched alkanes of at least 4 members (excludes halogenated alkanes) is 1. The van der Waals surface area contributed by atoms with E-state index >= 15 is 0 Å². The van der Waals surface area contributed by atoms with E-state index in [-0.39, 0.29) is 0 Å². The highest BCUT2D eigenvalue weighted by molar-refractivity contribution is 5.73.